The SMILES string of the molecule is Cc1nnc(N(CCC(=O)O)C(C)C)nc1C. The first kappa shape index (κ1) is 13.3. The number of nitrogens with zero attached hydrogens (tertiary/aromatic N) is 4. The van der Waals surface area contributed by atoms with E-state index in [1.807, 2.05) is 32.6 Å². The lowest BCUT2D eigenvalue weighted by molar-refractivity contribution is -0.136. The predicted octanol–water partition coefficient (Wildman–Crippen LogP) is 1.18. The molecule has 0 bridgehead atoms. The molecule has 0 atom stereocenters. The van der Waals surface area contributed by atoms with Crippen LogP contribution in [-0.2, 0) is 4.79 Å². The second-order valence-corrected chi connectivity index (χ2v) is 4.21. The average Bonchev–Trinajstić information content (AvgIpc) is 2.22. The number of hydrogen-bond donors (Lipinski definition) is 1. The van der Waals surface area contributed by atoms with Crippen molar-refractivity contribution in [2.75, 3.05) is 11.4 Å². The lowest BCUT2D eigenvalue weighted by Gasteiger charge is -2.25. The van der Waals surface area contributed by atoms with E-state index in [2.05, 4.69) is 15.2 Å². The quantitative estimate of drug-likeness (QED) is 0.829. The zero-order valence-electron chi connectivity index (χ0n) is 10.6. The van der Waals surface area contributed by atoms with Crippen molar-refractivity contribution in [3.63, 3.8) is 0 Å². The van der Waals surface area contributed by atoms with Crippen LogP contribution in [0.25, 0.3) is 0 Å². The Balaban J connectivity index is 2.89. The van der Waals surface area contributed by atoms with Crippen molar-refractivity contribution >= 4 is 11.9 Å². The van der Waals surface area contributed by atoms with Gasteiger partial charge >= 0.3 is 5.97 Å². The van der Waals surface area contributed by atoms with Gasteiger partial charge in [-0.15, -0.1) is 5.10 Å². The summed E-state index contributed by atoms with van der Waals surface area (Å²) in [7, 11) is 0. The van der Waals surface area contributed by atoms with Crippen molar-refractivity contribution < 1.29 is 9.90 Å². The van der Waals surface area contributed by atoms with Crippen molar-refractivity contribution in [2.45, 2.75) is 40.2 Å². The molecular weight excluding hydrogens is 220 g/mol. The van der Waals surface area contributed by atoms with E-state index in [9.17, 15) is 4.79 Å². The minimum Gasteiger partial charge on any atom is -0.481 e. The van der Waals surface area contributed by atoms with Crippen LogP contribution in [0.5, 0.6) is 0 Å². The Bertz CT molecular complexity index is 406. The highest BCUT2D eigenvalue weighted by molar-refractivity contribution is 5.67. The molecule has 0 aliphatic carbocycles. The van der Waals surface area contributed by atoms with E-state index >= 15 is 0 Å². The molecule has 0 unspecified atom stereocenters. The molecular formula is C11H18N4O2. The Labute approximate surface area is 101 Å². The van der Waals surface area contributed by atoms with E-state index in [4.69, 9.17) is 5.11 Å². The molecule has 0 radical (unpaired) electrons. The molecule has 6 nitrogen and oxygen atoms in total. The molecule has 0 aromatic carbocycles. The third-order valence-corrected chi connectivity index (χ3v) is 2.53. The first-order valence-electron chi connectivity index (χ1n) is 5.58. The number of carboxylic acids is 1. The third kappa shape index (κ3) is 3.65. The Morgan fingerprint density at radius 2 is 1.94 bits per heavy atom. The molecule has 1 heterocycles. The smallest absolute Gasteiger partial charge is 0.305 e. The summed E-state index contributed by atoms with van der Waals surface area (Å²) < 4.78 is 0. The lowest BCUT2D eigenvalue weighted by Crippen LogP contribution is -2.34. The van der Waals surface area contributed by atoms with Gasteiger partial charge in [-0.25, -0.2) is 4.98 Å². The van der Waals surface area contributed by atoms with E-state index in [-0.39, 0.29) is 12.5 Å². The molecule has 17 heavy (non-hydrogen) atoms. The van der Waals surface area contributed by atoms with Crippen LogP contribution in [0.3, 0.4) is 0 Å². The van der Waals surface area contributed by atoms with Crippen LogP contribution < -0.4 is 4.90 Å². The van der Waals surface area contributed by atoms with Crippen molar-refractivity contribution in [3.8, 4) is 0 Å². The maximum atomic E-state index is 10.6. The van der Waals surface area contributed by atoms with E-state index < -0.39 is 5.97 Å². The topological polar surface area (TPSA) is 79.2 Å². The summed E-state index contributed by atoms with van der Waals surface area (Å²) in [5.74, 6) is -0.336. The van der Waals surface area contributed by atoms with Crippen LogP contribution in [-0.4, -0.2) is 38.8 Å². The van der Waals surface area contributed by atoms with Gasteiger partial charge in [0.1, 0.15) is 0 Å². The molecule has 0 saturated carbocycles. The molecule has 1 aromatic heterocycles. The Kier molecular flexibility index (Phi) is 4.37. The van der Waals surface area contributed by atoms with Crippen LogP contribution >= 0.6 is 0 Å². The maximum absolute atomic E-state index is 10.6. The number of aliphatic carboxylic acids is 1. The second-order valence-electron chi connectivity index (χ2n) is 4.21. The van der Waals surface area contributed by atoms with Crippen LogP contribution in [0, 0.1) is 13.8 Å². The van der Waals surface area contributed by atoms with E-state index in [0.29, 0.717) is 12.5 Å². The fourth-order valence-electron chi connectivity index (χ4n) is 1.37. The van der Waals surface area contributed by atoms with Gasteiger partial charge in [0.05, 0.1) is 17.8 Å². The molecule has 1 rings (SSSR count). The molecule has 94 valence electrons. The van der Waals surface area contributed by atoms with E-state index in [0.717, 1.165) is 11.4 Å². The second kappa shape index (κ2) is 5.56. The van der Waals surface area contributed by atoms with Gasteiger partial charge in [0.25, 0.3) is 0 Å². The number of anilines is 1. The zero-order valence-corrected chi connectivity index (χ0v) is 10.6. The van der Waals surface area contributed by atoms with Gasteiger partial charge < -0.3 is 10.0 Å². The summed E-state index contributed by atoms with van der Waals surface area (Å²) in [6.07, 6.45) is 0.0640. The molecule has 1 aromatic rings. The molecule has 0 spiro atoms. The number of carbonyl (C=O) groups is 1. The fraction of sp³-hybridized carbons (Fsp3) is 0.636. The summed E-state index contributed by atoms with van der Waals surface area (Å²) in [5.41, 5.74) is 1.60. The average molecular weight is 238 g/mol. The van der Waals surface area contributed by atoms with Gasteiger partial charge in [0.15, 0.2) is 0 Å². The van der Waals surface area contributed by atoms with Crippen molar-refractivity contribution in [2.24, 2.45) is 0 Å². The van der Waals surface area contributed by atoms with E-state index in [1.54, 1.807) is 0 Å². The summed E-state index contributed by atoms with van der Waals surface area (Å²) >= 11 is 0. The van der Waals surface area contributed by atoms with Crippen LogP contribution in [0.1, 0.15) is 31.7 Å². The first-order valence-corrected chi connectivity index (χ1v) is 5.58. The molecule has 1 N–H and O–H groups in total. The van der Waals surface area contributed by atoms with Gasteiger partial charge in [-0.05, 0) is 27.7 Å². The van der Waals surface area contributed by atoms with Crippen LogP contribution in [0.2, 0.25) is 0 Å². The highest BCUT2D eigenvalue weighted by Crippen LogP contribution is 2.12. The van der Waals surface area contributed by atoms with Gasteiger partial charge in [0, 0.05) is 12.6 Å². The zero-order chi connectivity index (χ0) is 13.0. The molecule has 0 amide bonds. The third-order valence-electron chi connectivity index (χ3n) is 2.53. The predicted molar refractivity (Wildman–Crippen MR) is 64.0 cm³/mol. The number of aryl methyl sites for hydroxylation is 2. The van der Waals surface area contributed by atoms with Crippen molar-refractivity contribution in [3.05, 3.63) is 11.4 Å². The van der Waals surface area contributed by atoms with Gasteiger partial charge in [-0.3, -0.25) is 4.79 Å². The molecule has 0 fully saturated rings. The van der Waals surface area contributed by atoms with Gasteiger partial charge in [0.2, 0.25) is 5.95 Å². The van der Waals surface area contributed by atoms with Crippen molar-refractivity contribution in [1.82, 2.24) is 15.2 Å². The summed E-state index contributed by atoms with van der Waals surface area (Å²) in [6, 6.07) is 0.137. The maximum Gasteiger partial charge on any atom is 0.305 e. The Morgan fingerprint density at radius 3 is 2.41 bits per heavy atom. The lowest BCUT2D eigenvalue weighted by atomic mass is 10.3. The molecule has 0 saturated heterocycles. The van der Waals surface area contributed by atoms with E-state index in [1.165, 1.54) is 0 Å². The number of rotatable bonds is 5. The molecule has 0 aliphatic rings. The standard InChI is InChI=1S/C11H18N4O2/c1-7(2)15(6-5-10(16)17)11-12-8(3)9(4)13-14-11/h7H,5-6H2,1-4H3,(H,16,17). The minimum atomic E-state index is -0.826. The largest absolute Gasteiger partial charge is 0.481 e. The first-order chi connectivity index (χ1) is 7.91. The Hall–Kier alpha value is -1.72. The number of carboxylic acid groups (broad SMARTS) is 1. The molecule has 0 aliphatic heterocycles. The molecule has 6 heteroatoms. The summed E-state index contributed by atoms with van der Waals surface area (Å²) in [5, 5.41) is 16.7. The highest BCUT2D eigenvalue weighted by atomic mass is 16.4. The Morgan fingerprint density at radius 1 is 1.29 bits per heavy atom. The normalized spacial score (nSPS) is 10.6. The summed E-state index contributed by atoms with van der Waals surface area (Å²) in [4.78, 5) is 16.8. The fourth-order valence-corrected chi connectivity index (χ4v) is 1.37. The summed E-state index contributed by atoms with van der Waals surface area (Å²) in [6.45, 7) is 8.04. The number of aromatic nitrogens is 3. The van der Waals surface area contributed by atoms with Crippen LogP contribution in [0.4, 0.5) is 5.95 Å². The minimum absolute atomic E-state index is 0.0640. The van der Waals surface area contributed by atoms with Gasteiger partial charge in [-0.1, -0.05) is 0 Å². The van der Waals surface area contributed by atoms with Crippen LogP contribution in [0.15, 0.2) is 0 Å². The van der Waals surface area contributed by atoms with Crippen molar-refractivity contribution in [1.29, 1.82) is 0 Å². The highest BCUT2D eigenvalue weighted by Gasteiger charge is 2.16. The van der Waals surface area contributed by atoms with Gasteiger partial charge in [-0.2, -0.15) is 5.10 Å². The monoisotopic (exact) mass is 238 g/mol. The number of hydrogen-bond acceptors (Lipinski definition) is 5.